The van der Waals surface area contributed by atoms with Crippen molar-refractivity contribution in [2.75, 3.05) is 0 Å². The van der Waals surface area contributed by atoms with Crippen LogP contribution in [0.5, 0.6) is 0 Å². The number of hydrogen-bond donors (Lipinski definition) is 1. The van der Waals surface area contributed by atoms with Crippen LogP contribution in [-0.4, -0.2) is 15.1 Å². The van der Waals surface area contributed by atoms with Crippen LogP contribution in [0.2, 0.25) is 0 Å². The minimum absolute atomic E-state index is 0.420. The van der Waals surface area contributed by atoms with Gasteiger partial charge in [-0.15, -0.1) is 11.3 Å². The van der Waals surface area contributed by atoms with Crippen molar-refractivity contribution in [1.82, 2.24) is 15.1 Å². The molecule has 6 heteroatoms. The molecule has 2 N–H and O–H groups in total. The third-order valence-electron chi connectivity index (χ3n) is 3.81. The fraction of sp³-hybridized carbons (Fsp3) is 0.615. The van der Waals surface area contributed by atoms with Gasteiger partial charge in [0.25, 0.3) is 5.89 Å². The summed E-state index contributed by atoms with van der Waals surface area (Å²) in [5, 5.41) is 4.12. The molecule has 0 bridgehead atoms. The van der Waals surface area contributed by atoms with Crippen LogP contribution >= 0.6 is 11.3 Å². The van der Waals surface area contributed by atoms with E-state index >= 15 is 0 Å². The SMILES string of the molecule is Cc1ncsc1-c1nc(C2(N)CCCCCC2)no1. The zero-order chi connectivity index (χ0) is 13.3. The first-order chi connectivity index (χ1) is 9.19. The molecule has 19 heavy (non-hydrogen) atoms. The Labute approximate surface area is 116 Å². The number of nitrogens with two attached hydrogens (primary N) is 1. The summed E-state index contributed by atoms with van der Waals surface area (Å²) in [6.45, 7) is 1.94. The van der Waals surface area contributed by atoms with Crippen LogP contribution < -0.4 is 5.73 Å². The van der Waals surface area contributed by atoms with Crippen molar-refractivity contribution in [3.05, 3.63) is 17.0 Å². The van der Waals surface area contributed by atoms with E-state index in [0.29, 0.717) is 11.7 Å². The molecule has 2 heterocycles. The van der Waals surface area contributed by atoms with E-state index in [1.807, 2.05) is 6.92 Å². The highest BCUT2D eigenvalue weighted by atomic mass is 32.1. The van der Waals surface area contributed by atoms with Gasteiger partial charge < -0.3 is 10.3 Å². The first-order valence-electron chi connectivity index (χ1n) is 6.72. The van der Waals surface area contributed by atoms with Gasteiger partial charge in [-0.25, -0.2) is 4.98 Å². The van der Waals surface area contributed by atoms with Crippen molar-refractivity contribution in [1.29, 1.82) is 0 Å². The molecule has 0 atom stereocenters. The quantitative estimate of drug-likeness (QED) is 0.854. The van der Waals surface area contributed by atoms with E-state index in [9.17, 15) is 0 Å². The Morgan fingerprint density at radius 2 is 2.00 bits per heavy atom. The molecule has 1 fully saturated rings. The highest BCUT2D eigenvalue weighted by Gasteiger charge is 2.33. The minimum Gasteiger partial charge on any atom is -0.333 e. The van der Waals surface area contributed by atoms with Gasteiger partial charge in [-0.1, -0.05) is 30.8 Å². The lowest BCUT2D eigenvalue weighted by atomic mass is 9.91. The maximum Gasteiger partial charge on any atom is 0.269 e. The molecule has 0 saturated heterocycles. The average molecular weight is 278 g/mol. The van der Waals surface area contributed by atoms with Crippen molar-refractivity contribution in [3.63, 3.8) is 0 Å². The Hall–Kier alpha value is -1.27. The third kappa shape index (κ3) is 2.42. The largest absolute Gasteiger partial charge is 0.333 e. The number of hydrogen-bond acceptors (Lipinski definition) is 6. The van der Waals surface area contributed by atoms with E-state index < -0.39 is 5.54 Å². The van der Waals surface area contributed by atoms with Crippen molar-refractivity contribution >= 4 is 11.3 Å². The van der Waals surface area contributed by atoms with Gasteiger partial charge in [-0.2, -0.15) is 4.98 Å². The molecule has 2 aromatic heterocycles. The number of aromatic nitrogens is 3. The number of nitrogens with zero attached hydrogens (tertiary/aromatic N) is 3. The third-order valence-corrected chi connectivity index (χ3v) is 4.72. The monoisotopic (exact) mass is 278 g/mol. The van der Waals surface area contributed by atoms with Gasteiger partial charge in [0.15, 0.2) is 5.82 Å². The highest BCUT2D eigenvalue weighted by Crippen LogP contribution is 2.34. The summed E-state index contributed by atoms with van der Waals surface area (Å²) in [5.41, 5.74) is 8.78. The lowest BCUT2D eigenvalue weighted by Crippen LogP contribution is -2.37. The van der Waals surface area contributed by atoms with Crippen LogP contribution in [0.15, 0.2) is 10.0 Å². The van der Waals surface area contributed by atoms with Crippen LogP contribution in [0.1, 0.15) is 50.0 Å². The van der Waals surface area contributed by atoms with Crippen molar-refractivity contribution in [2.45, 2.75) is 51.0 Å². The number of rotatable bonds is 2. The molecule has 2 aromatic rings. The second kappa shape index (κ2) is 5.02. The van der Waals surface area contributed by atoms with Gasteiger partial charge in [0, 0.05) is 0 Å². The summed E-state index contributed by atoms with van der Waals surface area (Å²) in [6, 6.07) is 0. The lowest BCUT2D eigenvalue weighted by Gasteiger charge is -2.23. The lowest BCUT2D eigenvalue weighted by molar-refractivity contribution is 0.334. The van der Waals surface area contributed by atoms with Crippen LogP contribution in [0.25, 0.3) is 10.8 Å². The van der Waals surface area contributed by atoms with Crippen LogP contribution in [-0.2, 0) is 5.54 Å². The molecule has 1 aliphatic carbocycles. The van der Waals surface area contributed by atoms with Gasteiger partial charge in [-0.3, -0.25) is 0 Å². The predicted octanol–water partition coefficient (Wildman–Crippen LogP) is 3.01. The smallest absolute Gasteiger partial charge is 0.269 e. The van der Waals surface area contributed by atoms with Gasteiger partial charge in [0.2, 0.25) is 0 Å². The van der Waals surface area contributed by atoms with Gasteiger partial charge in [0.1, 0.15) is 4.88 Å². The fourth-order valence-corrected chi connectivity index (χ4v) is 3.33. The second-order valence-corrected chi connectivity index (χ2v) is 6.12. The predicted molar refractivity (Wildman–Crippen MR) is 73.7 cm³/mol. The Morgan fingerprint density at radius 3 is 2.63 bits per heavy atom. The van der Waals surface area contributed by atoms with E-state index in [1.165, 1.54) is 24.2 Å². The average Bonchev–Trinajstić information content (AvgIpc) is 2.97. The molecule has 0 aromatic carbocycles. The van der Waals surface area contributed by atoms with E-state index in [0.717, 1.165) is 36.3 Å². The molecule has 0 aliphatic heterocycles. The molecule has 3 rings (SSSR count). The maximum atomic E-state index is 6.49. The summed E-state index contributed by atoms with van der Waals surface area (Å²) in [7, 11) is 0. The topological polar surface area (TPSA) is 77.8 Å². The Morgan fingerprint density at radius 1 is 1.26 bits per heavy atom. The Bertz CT molecular complexity index is 554. The molecular formula is C13H18N4OS. The standard InChI is InChI=1S/C13H18N4OS/c1-9-10(19-8-15-9)11-16-12(17-18-11)13(14)6-4-2-3-5-7-13/h8H,2-7,14H2,1H3. The molecule has 0 unspecified atom stereocenters. The molecule has 0 spiro atoms. The Balaban J connectivity index is 1.90. The van der Waals surface area contributed by atoms with E-state index in [4.69, 9.17) is 10.3 Å². The number of thiazole rings is 1. The Kier molecular flexibility index (Phi) is 3.36. The normalized spacial score (nSPS) is 19.3. The maximum absolute atomic E-state index is 6.49. The molecule has 102 valence electrons. The molecule has 5 nitrogen and oxygen atoms in total. The molecule has 1 saturated carbocycles. The van der Waals surface area contributed by atoms with E-state index in [-0.39, 0.29) is 0 Å². The van der Waals surface area contributed by atoms with Gasteiger partial charge in [-0.05, 0) is 19.8 Å². The van der Waals surface area contributed by atoms with E-state index in [1.54, 1.807) is 5.51 Å². The van der Waals surface area contributed by atoms with Gasteiger partial charge >= 0.3 is 0 Å². The minimum atomic E-state index is -0.420. The van der Waals surface area contributed by atoms with Crippen molar-refractivity contribution in [2.24, 2.45) is 5.73 Å². The second-order valence-electron chi connectivity index (χ2n) is 5.26. The van der Waals surface area contributed by atoms with Crippen molar-refractivity contribution < 1.29 is 4.52 Å². The molecule has 0 radical (unpaired) electrons. The summed E-state index contributed by atoms with van der Waals surface area (Å²) in [6.07, 6.45) is 6.65. The van der Waals surface area contributed by atoms with Crippen LogP contribution in [0.3, 0.4) is 0 Å². The summed E-state index contributed by atoms with van der Waals surface area (Å²) >= 11 is 1.52. The molecule has 1 aliphatic rings. The van der Waals surface area contributed by atoms with E-state index in [2.05, 4.69) is 15.1 Å². The summed E-state index contributed by atoms with van der Waals surface area (Å²) < 4.78 is 5.38. The number of aryl methyl sites for hydroxylation is 1. The zero-order valence-corrected chi connectivity index (χ0v) is 11.9. The summed E-state index contributed by atoms with van der Waals surface area (Å²) in [5.74, 6) is 1.20. The van der Waals surface area contributed by atoms with Crippen molar-refractivity contribution in [3.8, 4) is 10.8 Å². The molecular weight excluding hydrogens is 260 g/mol. The highest BCUT2D eigenvalue weighted by molar-refractivity contribution is 7.13. The van der Waals surface area contributed by atoms with Crippen LogP contribution in [0.4, 0.5) is 0 Å². The van der Waals surface area contributed by atoms with Gasteiger partial charge in [0.05, 0.1) is 16.7 Å². The molecule has 0 amide bonds. The summed E-state index contributed by atoms with van der Waals surface area (Å²) in [4.78, 5) is 9.67. The zero-order valence-electron chi connectivity index (χ0n) is 11.1. The van der Waals surface area contributed by atoms with Crippen LogP contribution in [0, 0.1) is 6.92 Å². The first-order valence-corrected chi connectivity index (χ1v) is 7.60. The first kappa shape index (κ1) is 12.7. The fourth-order valence-electron chi connectivity index (χ4n) is 2.61.